The molecular weight excluding hydrogens is 294 g/mol. The second-order valence-corrected chi connectivity index (χ2v) is 5.97. The largest absolute Gasteiger partial charge is 0.493 e. The Morgan fingerprint density at radius 3 is 2.91 bits per heavy atom. The molecule has 23 heavy (non-hydrogen) atoms. The Morgan fingerprint density at radius 1 is 1.43 bits per heavy atom. The molecule has 1 saturated heterocycles. The summed E-state index contributed by atoms with van der Waals surface area (Å²) >= 11 is 0. The van der Waals surface area contributed by atoms with Crippen molar-refractivity contribution in [2.75, 3.05) is 33.4 Å². The molecule has 2 aromatic rings. The zero-order chi connectivity index (χ0) is 16.4. The Kier molecular flexibility index (Phi) is 4.57. The van der Waals surface area contributed by atoms with Crippen molar-refractivity contribution in [3.8, 4) is 5.75 Å². The molecule has 1 aromatic carbocycles. The molecule has 1 atom stereocenters. The molecular formula is C18H23NO4. The van der Waals surface area contributed by atoms with Gasteiger partial charge in [0.15, 0.2) is 17.1 Å². The van der Waals surface area contributed by atoms with Crippen molar-refractivity contribution in [2.45, 2.75) is 20.3 Å². The summed E-state index contributed by atoms with van der Waals surface area (Å²) in [5.41, 5.74) is 1.50. The van der Waals surface area contributed by atoms with E-state index in [1.807, 2.05) is 36.9 Å². The molecule has 1 fully saturated rings. The third kappa shape index (κ3) is 2.93. The fourth-order valence-electron chi connectivity index (χ4n) is 3.12. The summed E-state index contributed by atoms with van der Waals surface area (Å²) in [4.78, 5) is 14.7. The molecule has 1 amide bonds. The molecule has 0 saturated carbocycles. The maximum Gasteiger partial charge on any atom is 0.289 e. The molecule has 0 radical (unpaired) electrons. The van der Waals surface area contributed by atoms with Crippen LogP contribution >= 0.6 is 0 Å². The van der Waals surface area contributed by atoms with Crippen molar-refractivity contribution in [3.63, 3.8) is 0 Å². The summed E-state index contributed by atoms with van der Waals surface area (Å²) in [6, 6.07) is 5.70. The highest BCUT2D eigenvalue weighted by atomic mass is 16.5. The van der Waals surface area contributed by atoms with Gasteiger partial charge in [0.25, 0.3) is 5.91 Å². The van der Waals surface area contributed by atoms with Crippen molar-refractivity contribution in [3.05, 3.63) is 29.5 Å². The van der Waals surface area contributed by atoms with Crippen molar-refractivity contribution < 1.29 is 18.7 Å². The number of benzene rings is 1. The van der Waals surface area contributed by atoms with Crippen molar-refractivity contribution in [2.24, 2.45) is 5.92 Å². The van der Waals surface area contributed by atoms with Crippen LogP contribution < -0.4 is 4.74 Å². The van der Waals surface area contributed by atoms with Crippen LogP contribution in [0, 0.1) is 12.8 Å². The molecule has 1 aliphatic rings. The van der Waals surface area contributed by atoms with Crippen LogP contribution in [0.5, 0.6) is 5.75 Å². The first-order valence-electron chi connectivity index (χ1n) is 8.08. The summed E-state index contributed by atoms with van der Waals surface area (Å²) in [5.74, 6) is 1.41. The van der Waals surface area contributed by atoms with Crippen molar-refractivity contribution in [1.82, 2.24) is 4.90 Å². The molecule has 3 rings (SSSR count). The van der Waals surface area contributed by atoms with Gasteiger partial charge in [0.1, 0.15) is 0 Å². The standard InChI is InChI=1S/C18H23NO4/c1-4-19(10-13-8-9-22-11-13)18(20)16-12(2)14-6-5-7-15(21-3)17(14)23-16/h5-7,13H,4,8-11H2,1-3H3/t13-/m1/s1. The van der Waals surface area contributed by atoms with Gasteiger partial charge in [-0.1, -0.05) is 12.1 Å². The van der Waals surface area contributed by atoms with Gasteiger partial charge in [-0.2, -0.15) is 0 Å². The Labute approximate surface area is 136 Å². The molecule has 124 valence electrons. The molecule has 1 aromatic heterocycles. The highest BCUT2D eigenvalue weighted by molar-refractivity contribution is 6.00. The minimum absolute atomic E-state index is 0.0600. The van der Waals surface area contributed by atoms with Gasteiger partial charge >= 0.3 is 0 Å². The van der Waals surface area contributed by atoms with Gasteiger partial charge in [0, 0.05) is 36.6 Å². The second kappa shape index (κ2) is 6.62. The minimum atomic E-state index is -0.0600. The van der Waals surface area contributed by atoms with Crippen LogP contribution in [0.2, 0.25) is 0 Å². The summed E-state index contributed by atoms with van der Waals surface area (Å²) in [6.07, 6.45) is 1.01. The predicted molar refractivity (Wildman–Crippen MR) is 88.0 cm³/mol. The Morgan fingerprint density at radius 2 is 2.26 bits per heavy atom. The molecule has 2 heterocycles. The number of aryl methyl sites for hydroxylation is 1. The van der Waals surface area contributed by atoms with Gasteiger partial charge in [0.2, 0.25) is 0 Å². The summed E-state index contributed by atoms with van der Waals surface area (Å²) in [7, 11) is 1.60. The molecule has 0 bridgehead atoms. The lowest BCUT2D eigenvalue weighted by Gasteiger charge is -2.23. The predicted octanol–water partition coefficient (Wildman–Crippen LogP) is 3.25. The average molecular weight is 317 g/mol. The molecule has 5 nitrogen and oxygen atoms in total. The maximum absolute atomic E-state index is 12.9. The minimum Gasteiger partial charge on any atom is -0.493 e. The number of hydrogen-bond donors (Lipinski definition) is 0. The zero-order valence-electron chi connectivity index (χ0n) is 13.9. The fraction of sp³-hybridized carbons (Fsp3) is 0.500. The third-order valence-corrected chi connectivity index (χ3v) is 4.51. The molecule has 5 heteroatoms. The van der Waals surface area contributed by atoms with E-state index in [1.54, 1.807) is 7.11 Å². The number of fused-ring (bicyclic) bond motifs is 1. The fourth-order valence-corrected chi connectivity index (χ4v) is 3.12. The lowest BCUT2D eigenvalue weighted by atomic mass is 10.1. The summed E-state index contributed by atoms with van der Waals surface area (Å²) in [6.45, 7) is 6.80. The molecule has 1 aliphatic heterocycles. The molecule has 0 aliphatic carbocycles. The van der Waals surface area contributed by atoms with Crippen LogP contribution in [-0.2, 0) is 4.74 Å². The lowest BCUT2D eigenvalue weighted by Crippen LogP contribution is -2.35. The van der Waals surface area contributed by atoms with Crippen LogP contribution in [0.4, 0.5) is 0 Å². The topological polar surface area (TPSA) is 51.9 Å². The Hall–Kier alpha value is -2.01. The van der Waals surface area contributed by atoms with Gasteiger partial charge in [-0.15, -0.1) is 0 Å². The van der Waals surface area contributed by atoms with Gasteiger partial charge in [-0.3, -0.25) is 4.79 Å². The quantitative estimate of drug-likeness (QED) is 0.849. The average Bonchev–Trinajstić information content (AvgIpc) is 3.20. The monoisotopic (exact) mass is 317 g/mol. The van der Waals surface area contributed by atoms with E-state index in [-0.39, 0.29) is 5.91 Å². The number of rotatable bonds is 5. The number of para-hydroxylation sites is 1. The van der Waals surface area contributed by atoms with Crippen LogP contribution in [0.3, 0.4) is 0 Å². The normalized spacial score (nSPS) is 17.6. The van der Waals surface area contributed by atoms with E-state index < -0.39 is 0 Å². The van der Waals surface area contributed by atoms with E-state index >= 15 is 0 Å². The van der Waals surface area contributed by atoms with Crippen molar-refractivity contribution in [1.29, 1.82) is 0 Å². The first-order chi connectivity index (χ1) is 11.2. The van der Waals surface area contributed by atoms with Gasteiger partial charge in [-0.05, 0) is 26.3 Å². The van der Waals surface area contributed by atoms with E-state index in [9.17, 15) is 4.79 Å². The number of nitrogens with zero attached hydrogens (tertiary/aromatic N) is 1. The van der Waals surface area contributed by atoms with E-state index in [4.69, 9.17) is 13.9 Å². The second-order valence-electron chi connectivity index (χ2n) is 5.97. The zero-order valence-corrected chi connectivity index (χ0v) is 13.9. The Balaban J connectivity index is 1.91. The van der Waals surface area contributed by atoms with E-state index in [0.29, 0.717) is 36.1 Å². The highest BCUT2D eigenvalue weighted by Gasteiger charge is 2.26. The molecule has 0 N–H and O–H groups in total. The van der Waals surface area contributed by atoms with Crippen LogP contribution in [0.15, 0.2) is 22.6 Å². The van der Waals surface area contributed by atoms with E-state index in [1.165, 1.54) is 0 Å². The first-order valence-corrected chi connectivity index (χ1v) is 8.08. The SMILES string of the molecule is CCN(C[C@H]1CCOC1)C(=O)c1oc2c(OC)cccc2c1C. The molecule has 0 unspecified atom stereocenters. The number of carbonyl (C=O) groups is 1. The number of hydrogen-bond acceptors (Lipinski definition) is 4. The highest BCUT2D eigenvalue weighted by Crippen LogP contribution is 2.33. The molecule has 0 spiro atoms. The lowest BCUT2D eigenvalue weighted by molar-refractivity contribution is 0.0700. The summed E-state index contributed by atoms with van der Waals surface area (Å²) < 4.78 is 16.6. The smallest absolute Gasteiger partial charge is 0.289 e. The number of carbonyl (C=O) groups excluding carboxylic acids is 1. The van der Waals surface area contributed by atoms with Gasteiger partial charge in [0.05, 0.1) is 13.7 Å². The van der Waals surface area contributed by atoms with Crippen molar-refractivity contribution >= 4 is 16.9 Å². The third-order valence-electron chi connectivity index (χ3n) is 4.51. The maximum atomic E-state index is 12.9. The van der Waals surface area contributed by atoms with Gasteiger partial charge in [-0.25, -0.2) is 0 Å². The van der Waals surface area contributed by atoms with E-state index in [0.717, 1.165) is 30.6 Å². The van der Waals surface area contributed by atoms with Crippen LogP contribution in [0.1, 0.15) is 29.5 Å². The Bertz CT molecular complexity index is 700. The van der Waals surface area contributed by atoms with Crippen LogP contribution in [0.25, 0.3) is 11.0 Å². The number of methoxy groups -OCH3 is 1. The number of amides is 1. The van der Waals surface area contributed by atoms with Crippen LogP contribution in [-0.4, -0.2) is 44.2 Å². The number of furan rings is 1. The first kappa shape index (κ1) is 15.9. The number of ether oxygens (including phenoxy) is 2. The van der Waals surface area contributed by atoms with Gasteiger partial charge < -0.3 is 18.8 Å². The summed E-state index contributed by atoms with van der Waals surface area (Å²) in [5, 5.41) is 0.924. The van der Waals surface area contributed by atoms with E-state index in [2.05, 4.69) is 0 Å².